The average molecular weight is 442 g/mol. The first-order chi connectivity index (χ1) is 14.7. The molecular weight excluding hydrogens is 422 g/mol. The summed E-state index contributed by atoms with van der Waals surface area (Å²) >= 11 is 0. The van der Waals surface area contributed by atoms with Crippen LogP contribution in [0.5, 0.6) is 5.75 Å². The van der Waals surface area contributed by atoms with Crippen molar-refractivity contribution in [3.63, 3.8) is 0 Å². The van der Waals surface area contributed by atoms with Crippen LogP contribution in [-0.2, 0) is 14.8 Å². The van der Waals surface area contributed by atoms with E-state index in [1.165, 1.54) is 26.2 Å². The number of carboxylic acids is 1. The smallest absolute Gasteiger partial charge is 0.272 e. The highest BCUT2D eigenvalue weighted by atomic mass is 32.2. The molecule has 0 atom stereocenters. The summed E-state index contributed by atoms with van der Waals surface area (Å²) in [5, 5.41) is 10.7. The number of benzene rings is 2. The Labute approximate surface area is 177 Å². The highest BCUT2D eigenvalue weighted by Gasteiger charge is 2.16. The number of carbonyl (C=O) groups excluding carboxylic acids is 1. The first kappa shape index (κ1) is 21.9. The molecule has 2 aromatic heterocycles. The lowest BCUT2D eigenvalue weighted by molar-refractivity contribution is -0.305. The number of carboxylic acid groups (broad SMARTS) is 1. The normalized spacial score (nSPS) is 11.0. The van der Waals surface area contributed by atoms with Crippen LogP contribution in [0.4, 0.5) is 5.69 Å². The van der Waals surface area contributed by atoms with Crippen LogP contribution in [0.15, 0.2) is 64.4 Å². The number of ether oxygens (including phenoxy) is 1. The number of hydrogen-bond acceptors (Lipinski definition) is 6. The molecule has 0 aliphatic carbocycles. The van der Waals surface area contributed by atoms with Gasteiger partial charge in [-0.25, -0.2) is 8.42 Å². The van der Waals surface area contributed by atoms with Crippen LogP contribution in [0.3, 0.4) is 0 Å². The van der Waals surface area contributed by atoms with Crippen LogP contribution < -0.4 is 20.1 Å². The number of pyridine rings is 1. The topological polar surface area (TPSA) is 144 Å². The number of aromatic amines is 2. The molecular formula is C21H20N3O6S-. The first-order valence-corrected chi connectivity index (χ1v) is 10.7. The summed E-state index contributed by atoms with van der Waals surface area (Å²) in [5.41, 5.74) is 1.26. The van der Waals surface area contributed by atoms with Crippen molar-refractivity contribution < 1.29 is 23.1 Å². The number of carbonyl (C=O) groups is 1. The third kappa shape index (κ3) is 4.86. The van der Waals surface area contributed by atoms with Crippen molar-refractivity contribution in [2.24, 2.45) is 0 Å². The van der Waals surface area contributed by atoms with E-state index in [9.17, 15) is 23.1 Å². The van der Waals surface area contributed by atoms with Gasteiger partial charge >= 0.3 is 0 Å². The van der Waals surface area contributed by atoms with Gasteiger partial charge in [0.1, 0.15) is 11.3 Å². The van der Waals surface area contributed by atoms with Crippen molar-refractivity contribution in [3.05, 3.63) is 65.1 Å². The van der Waals surface area contributed by atoms with Crippen molar-refractivity contribution in [1.29, 1.82) is 0 Å². The number of H-pyrrole nitrogens is 2. The molecule has 4 rings (SSSR count). The molecule has 3 N–H and O–H groups in total. The van der Waals surface area contributed by atoms with Gasteiger partial charge in [-0.15, -0.1) is 0 Å². The summed E-state index contributed by atoms with van der Waals surface area (Å²) in [5.74, 6) is -0.539. The van der Waals surface area contributed by atoms with Crippen molar-refractivity contribution >= 4 is 43.5 Å². The van der Waals surface area contributed by atoms with E-state index < -0.39 is 16.0 Å². The molecule has 0 saturated heterocycles. The van der Waals surface area contributed by atoms with E-state index in [4.69, 9.17) is 4.74 Å². The third-order valence-electron chi connectivity index (χ3n) is 4.42. The molecule has 0 amide bonds. The lowest BCUT2D eigenvalue weighted by Gasteiger charge is -2.10. The maximum atomic E-state index is 12.6. The minimum Gasteiger partial charge on any atom is -0.550 e. The molecule has 162 valence electrons. The fourth-order valence-electron chi connectivity index (χ4n) is 2.89. The number of nitrogens with one attached hydrogen (secondary N) is 3. The summed E-state index contributed by atoms with van der Waals surface area (Å²) in [4.78, 5) is 27.0. The van der Waals surface area contributed by atoms with Crippen LogP contribution in [-0.4, -0.2) is 31.5 Å². The Morgan fingerprint density at radius 3 is 2.55 bits per heavy atom. The number of rotatable bonds is 5. The molecule has 0 spiro atoms. The number of sulfonamides is 1. The van der Waals surface area contributed by atoms with E-state index in [0.29, 0.717) is 22.5 Å². The molecule has 4 aromatic rings. The van der Waals surface area contributed by atoms with Gasteiger partial charge in [-0.3, -0.25) is 9.52 Å². The molecule has 0 aliphatic heterocycles. The minimum atomic E-state index is -3.77. The van der Waals surface area contributed by atoms with Gasteiger partial charge in [0.25, 0.3) is 15.6 Å². The SMILES string of the molecule is CCC(=O)[O-].COc1cccc(S(=O)(=O)Nc2ccc3[nH]c(=O)c4[nH]ccc4c3c2)c1. The molecule has 9 nitrogen and oxygen atoms in total. The number of hydrogen-bond donors (Lipinski definition) is 3. The molecule has 10 heteroatoms. The van der Waals surface area contributed by atoms with Gasteiger partial charge in [0.15, 0.2) is 0 Å². The molecule has 0 unspecified atom stereocenters. The van der Waals surface area contributed by atoms with Gasteiger partial charge in [0, 0.05) is 40.2 Å². The quantitative estimate of drug-likeness (QED) is 0.431. The standard InChI is InChI=1S/C18H15N3O4S.C3H6O2/c1-25-12-3-2-4-13(10-12)26(23,24)21-11-5-6-16-15(9-11)14-7-8-19-17(14)18(22)20-16;1-2-3(4)5/h2-10,19,21H,1H3,(H,20,22);2H2,1H3,(H,4,5)/p-1. The summed E-state index contributed by atoms with van der Waals surface area (Å²) < 4.78 is 32.9. The molecule has 0 saturated carbocycles. The molecule has 2 heterocycles. The number of methoxy groups -OCH3 is 1. The Bertz CT molecular complexity index is 1410. The Morgan fingerprint density at radius 2 is 1.87 bits per heavy atom. The van der Waals surface area contributed by atoms with Crippen molar-refractivity contribution in [1.82, 2.24) is 9.97 Å². The van der Waals surface area contributed by atoms with Crippen LogP contribution >= 0.6 is 0 Å². The fourth-order valence-corrected chi connectivity index (χ4v) is 3.97. The van der Waals surface area contributed by atoms with Gasteiger partial charge in [0.05, 0.1) is 12.0 Å². The largest absolute Gasteiger partial charge is 0.550 e. The minimum absolute atomic E-state index is 0.102. The van der Waals surface area contributed by atoms with E-state index >= 15 is 0 Å². The number of fused-ring (bicyclic) bond motifs is 3. The summed E-state index contributed by atoms with van der Waals surface area (Å²) in [6.07, 6.45) is 1.78. The van der Waals surface area contributed by atoms with Gasteiger partial charge in [-0.1, -0.05) is 13.0 Å². The molecule has 0 fully saturated rings. The van der Waals surface area contributed by atoms with Crippen LogP contribution in [0.25, 0.3) is 21.8 Å². The first-order valence-electron chi connectivity index (χ1n) is 9.25. The lowest BCUT2D eigenvalue weighted by Crippen LogP contribution is -2.19. The maximum absolute atomic E-state index is 12.6. The van der Waals surface area contributed by atoms with Crippen molar-refractivity contribution in [2.75, 3.05) is 11.8 Å². The predicted molar refractivity (Wildman–Crippen MR) is 116 cm³/mol. The van der Waals surface area contributed by atoms with Gasteiger partial charge < -0.3 is 24.6 Å². The Morgan fingerprint density at radius 1 is 1.13 bits per heavy atom. The van der Waals surface area contributed by atoms with E-state index in [1.807, 2.05) is 0 Å². The Balaban J connectivity index is 0.000000491. The lowest BCUT2D eigenvalue weighted by atomic mass is 10.1. The summed E-state index contributed by atoms with van der Waals surface area (Å²) in [6, 6.07) is 13.0. The monoisotopic (exact) mass is 442 g/mol. The fraction of sp³-hybridized carbons (Fsp3) is 0.143. The molecule has 0 aliphatic rings. The van der Waals surface area contributed by atoms with Crippen LogP contribution in [0.1, 0.15) is 13.3 Å². The van der Waals surface area contributed by atoms with Crippen molar-refractivity contribution in [2.45, 2.75) is 18.2 Å². The highest BCUT2D eigenvalue weighted by molar-refractivity contribution is 7.92. The molecule has 31 heavy (non-hydrogen) atoms. The maximum Gasteiger partial charge on any atom is 0.272 e. The van der Waals surface area contributed by atoms with E-state index in [2.05, 4.69) is 14.7 Å². The second kappa shape index (κ2) is 8.92. The van der Waals surface area contributed by atoms with Crippen LogP contribution in [0, 0.1) is 0 Å². The molecule has 2 aromatic carbocycles. The van der Waals surface area contributed by atoms with E-state index in [0.717, 1.165) is 10.8 Å². The second-order valence-electron chi connectivity index (χ2n) is 6.49. The van der Waals surface area contributed by atoms with Gasteiger partial charge in [-0.2, -0.15) is 0 Å². The highest BCUT2D eigenvalue weighted by Crippen LogP contribution is 2.26. The number of anilines is 1. The predicted octanol–water partition coefficient (Wildman–Crippen LogP) is 1.97. The van der Waals surface area contributed by atoms with Gasteiger partial charge in [0.2, 0.25) is 0 Å². The summed E-state index contributed by atoms with van der Waals surface area (Å²) in [7, 11) is -2.29. The van der Waals surface area contributed by atoms with Crippen molar-refractivity contribution in [3.8, 4) is 5.75 Å². The zero-order valence-electron chi connectivity index (χ0n) is 16.8. The number of aliphatic carboxylic acids is 1. The van der Waals surface area contributed by atoms with E-state index in [1.54, 1.807) is 42.6 Å². The Kier molecular flexibility index (Phi) is 6.30. The second-order valence-corrected chi connectivity index (χ2v) is 8.17. The Hall–Kier alpha value is -3.79. The third-order valence-corrected chi connectivity index (χ3v) is 5.80. The summed E-state index contributed by atoms with van der Waals surface area (Å²) in [6.45, 7) is 1.54. The van der Waals surface area contributed by atoms with Crippen LogP contribution in [0.2, 0.25) is 0 Å². The average Bonchev–Trinajstić information content (AvgIpc) is 3.25. The molecule has 0 radical (unpaired) electrons. The molecule has 0 bridgehead atoms. The zero-order chi connectivity index (χ0) is 22.6. The number of aromatic nitrogens is 2. The van der Waals surface area contributed by atoms with Gasteiger partial charge in [-0.05, 0) is 42.8 Å². The zero-order valence-corrected chi connectivity index (χ0v) is 17.6. The van der Waals surface area contributed by atoms with E-state index in [-0.39, 0.29) is 16.9 Å².